The minimum Gasteiger partial charge on any atom is -0.404 e. The Morgan fingerprint density at radius 2 is 1.00 bits per heavy atom. The van der Waals surface area contributed by atoms with Crippen molar-refractivity contribution in [3.63, 3.8) is 0 Å². The number of halogens is 8. The molecule has 2 nitrogen and oxygen atoms in total. The molecule has 0 saturated heterocycles. The van der Waals surface area contributed by atoms with Gasteiger partial charge in [-0.2, -0.15) is 0 Å². The molecule has 10 heteroatoms. The molecular formula is C8H2Cl2F6O2. The van der Waals surface area contributed by atoms with Crippen molar-refractivity contribution >= 4 is 23.2 Å². The number of hydrogen-bond donors (Lipinski definition) is 0. The second-order valence-corrected chi connectivity index (χ2v) is 3.54. The van der Waals surface area contributed by atoms with Crippen LogP contribution >= 0.6 is 23.2 Å². The third-order valence-corrected chi connectivity index (χ3v) is 2.31. The van der Waals surface area contributed by atoms with Crippen LogP contribution in [-0.4, -0.2) is 12.7 Å². The van der Waals surface area contributed by atoms with E-state index in [0.717, 1.165) is 0 Å². The molecule has 1 rings (SSSR count). The fourth-order valence-corrected chi connectivity index (χ4v) is 1.31. The SMILES string of the molecule is FC(F)(F)Oc1ccc(OC(F)(F)F)c(Cl)c1Cl. The van der Waals surface area contributed by atoms with E-state index in [9.17, 15) is 26.3 Å². The van der Waals surface area contributed by atoms with Crippen LogP contribution in [-0.2, 0) is 0 Å². The van der Waals surface area contributed by atoms with Crippen LogP contribution < -0.4 is 9.47 Å². The van der Waals surface area contributed by atoms with E-state index in [4.69, 9.17) is 23.2 Å². The van der Waals surface area contributed by atoms with Crippen LogP contribution in [0.4, 0.5) is 26.3 Å². The molecule has 0 saturated carbocycles. The number of rotatable bonds is 2. The smallest absolute Gasteiger partial charge is 0.404 e. The zero-order valence-electron chi connectivity index (χ0n) is 7.99. The van der Waals surface area contributed by atoms with Crippen LogP contribution in [0.2, 0.25) is 10.0 Å². The molecule has 1 aromatic carbocycles. The molecule has 102 valence electrons. The first-order chi connectivity index (χ1) is 7.99. The fraction of sp³-hybridized carbons (Fsp3) is 0.250. The monoisotopic (exact) mass is 314 g/mol. The van der Waals surface area contributed by atoms with Gasteiger partial charge in [0.25, 0.3) is 0 Å². The summed E-state index contributed by atoms with van der Waals surface area (Å²) in [5.41, 5.74) is 0. The van der Waals surface area contributed by atoms with Crippen molar-refractivity contribution in [2.75, 3.05) is 0 Å². The summed E-state index contributed by atoms with van der Waals surface area (Å²) in [5.74, 6) is -1.85. The molecular weight excluding hydrogens is 313 g/mol. The Morgan fingerprint density at radius 1 is 0.722 bits per heavy atom. The van der Waals surface area contributed by atoms with Gasteiger partial charge in [-0.25, -0.2) is 0 Å². The average molecular weight is 315 g/mol. The first-order valence-corrected chi connectivity index (χ1v) is 4.74. The van der Waals surface area contributed by atoms with Crippen molar-refractivity contribution in [1.29, 1.82) is 0 Å². The highest BCUT2D eigenvalue weighted by Crippen LogP contribution is 2.42. The Labute approximate surface area is 106 Å². The van der Waals surface area contributed by atoms with Gasteiger partial charge in [0.2, 0.25) is 0 Å². The molecule has 0 amide bonds. The Morgan fingerprint density at radius 3 is 1.22 bits per heavy atom. The lowest BCUT2D eigenvalue weighted by Crippen LogP contribution is -2.19. The molecule has 0 N–H and O–H groups in total. The van der Waals surface area contributed by atoms with Crippen molar-refractivity contribution in [3.05, 3.63) is 22.2 Å². The van der Waals surface area contributed by atoms with Crippen LogP contribution in [0.15, 0.2) is 12.1 Å². The summed E-state index contributed by atoms with van der Waals surface area (Å²) in [6, 6.07) is 1.12. The zero-order chi connectivity index (χ0) is 14.1. The summed E-state index contributed by atoms with van der Waals surface area (Å²) < 4.78 is 78.2. The molecule has 0 aliphatic rings. The largest absolute Gasteiger partial charge is 0.573 e. The molecule has 0 heterocycles. The van der Waals surface area contributed by atoms with Crippen LogP contribution in [0.1, 0.15) is 0 Å². The highest BCUT2D eigenvalue weighted by molar-refractivity contribution is 6.43. The van der Waals surface area contributed by atoms with E-state index in [1.54, 1.807) is 0 Å². The minimum atomic E-state index is -5.04. The molecule has 0 aliphatic heterocycles. The van der Waals surface area contributed by atoms with Gasteiger partial charge in [0.15, 0.2) is 0 Å². The maximum absolute atomic E-state index is 11.9. The second kappa shape index (κ2) is 4.93. The topological polar surface area (TPSA) is 18.5 Å². The molecule has 1 aromatic rings. The molecule has 0 spiro atoms. The normalized spacial score (nSPS) is 12.4. The first kappa shape index (κ1) is 15.0. The molecule has 0 bridgehead atoms. The maximum atomic E-state index is 11.9. The number of ether oxygens (including phenoxy) is 2. The highest BCUT2D eigenvalue weighted by Gasteiger charge is 2.35. The summed E-state index contributed by atoms with van der Waals surface area (Å²) >= 11 is 10.7. The Hall–Kier alpha value is -1.02. The van der Waals surface area contributed by atoms with Crippen LogP contribution in [0.25, 0.3) is 0 Å². The standard InChI is InChI=1S/C8H2Cl2F6O2/c9-5-3(17-7(11,12)13)1-2-4(6(5)10)18-8(14,15)16/h1-2H. The van der Waals surface area contributed by atoms with Crippen molar-refractivity contribution in [3.8, 4) is 11.5 Å². The predicted octanol–water partition coefficient (Wildman–Crippen LogP) is 4.79. The third-order valence-electron chi connectivity index (χ3n) is 1.46. The zero-order valence-corrected chi connectivity index (χ0v) is 9.51. The lowest BCUT2D eigenvalue weighted by molar-refractivity contribution is -0.276. The average Bonchev–Trinajstić information content (AvgIpc) is 2.14. The van der Waals surface area contributed by atoms with Gasteiger partial charge >= 0.3 is 12.7 Å². The number of benzene rings is 1. The van der Waals surface area contributed by atoms with Crippen molar-refractivity contribution in [1.82, 2.24) is 0 Å². The van der Waals surface area contributed by atoms with Gasteiger partial charge < -0.3 is 9.47 Å². The van der Waals surface area contributed by atoms with Crippen LogP contribution in [0, 0.1) is 0 Å². The number of hydrogen-bond acceptors (Lipinski definition) is 2. The molecule has 0 fully saturated rings. The highest BCUT2D eigenvalue weighted by atomic mass is 35.5. The van der Waals surface area contributed by atoms with E-state index in [-0.39, 0.29) is 0 Å². The Kier molecular flexibility index (Phi) is 4.12. The van der Waals surface area contributed by atoms with Gasteiger partial charge in [0.05, 0.1) is 0 Å². The summed E-state index contributed by atoms with van der Waals surface area (Å²) in [5, 5.41) is -1.67. The van der Waals surface area contributed by atoms with E-state index < -0.39 is 34.3 Å². The van der Waals surface area contributed by atoms with E-state index in [1.807, 2.05) is 0 Å². The first-order valence-electron chi connectivity index (χ1n) is 3.99. The summed E-state index contributed by atoms with van der Waals surface area (Å²) in [4.78, 5) is 0. The van der Waals surface area contributed by atoms with Crippen molar-refractivity contribution in [2.24, 2.45) is 0 Å². The third kappa shape index (κ3) is 4.34. The lowest BCUT2D eigenvalue weighted by atomic mass is 10.3. The summed E-state index contributed by atoms with van der Waals surface area (Å²) in [6.07, 6.45) is -10.1. The van der Waals surface area contributed by atoms with Gasteiger partial charge in [-0.1, -0.05) is 23.2 Å². The van der Waals surface area contributed by atoms with E-state index in [0.29, 0.717) is 12.1 Å². The van der Waals surface area contributed by atoms with Gasteiger partial charge in [0, 0.05) is 0 Å². The van der Waals surface area contributed by atoms with E-state index in [1.165, 1.54) is 0 Å². The Balaban J connectivity index is 3.06. The van der Waals surface area contributed by atoms with Crippen molar-refractivity contribution in [2.45, 2.75) is 12.7 Å². The summed E-state index contributed by atoms with van der Waals surface area (Å²) in [6.45, 7) is 0. The molecule has 0 aliphatic carbocycles. The molecule has 0 radical (unpaired) electrons. The van der Waals surface area contributed by atoms with Crippen LogP contribution in [0.5, 0.6) is 11.5 Å². The molecule has 0 atom stereocenters. The second-order valence-electron chi connectivity index (χ2n) is 2.79. The number of alkyl halides is 6. The maximum Gasteiger partial charge on any atom is 0.573 e. The van der Waals surface area contributed by atoms with E-state index in [2.05, 4.69) is 9.47 Å². The van der Waals surface area contributed by atoms with Gasteiger partial charge in [-0.15, -0.1) is 26.3 Å². The molecule has 18 heavy (non-hydrogen) atoms. The van der Waals surface area contributed by atoms with Gasteiger partial charge in [-0.05, 0) is 12.1 Å². The quantitative estimate of drug-likeness (QED) is 0.731. The van der Waals surface area contributed by atoms with Crippen molar-refractivity contribution < 1.29 is 35.8 Å². The molecule has 0 aromatic heterocycles. The van der Waals surface area contributed by atoms with E-state index >= 15 is 0 Å². The Bertz CT molecular complexity index is 401. The van der Waals surface area contributed by atoms with Crippen LogP contribution in [0.3, 0.4) is 0 Å². The predicted molar refractivity (Wildman–Crippen MR) is 49.8 cm³/mol. The van der Waals surface area contributed by atoms with Gasteiger partial charge in [-0.3, -0.25) is 0 Å². The molecule has 0 unspecified atom stereocenters. The minimum absolute atomic E-state index is 0.558. The summed E-state index contributed by atoms with van der Waals surface area (Å²) in [7, 11) is 0. The van der Waals surface area contributed by atoms with Gasteiger partial charge in [0.1, 0.15) is 21.5 Å². The lowest BCUT2D eigenvalue weighted by Gasteiger charge is -2.14. The fourth-order valence-electron chi connectivity index (χ4n) is 0.921.